The van der Waals surface area contributed by atoms with Gasteiger partial charge in [0.15, 0.2) is 0 Å². The van der Waals surface area contributed by atoms with Gasteiger partial charge in [-0.1, -0.05) is 27.7 Å². The van der Waals surface area contributed by atoms with E-state index in [4.69, 9.17) is 10.00 Å². The standard InChI is InChI=1S/C13H9BrN2OS/c1-17-11-4-3-10(14)6-12(11)18-13-5-2-9(7-15)8-16-13/h2-6,8H,1H3. The Morgan fingerprint density at radius 2 is 2.17 bits per heavy atom. The molecule has 1 aromatic heterocycles. The van der Waals surface area contributed by atoms with Crippen LogP contribution >= 0.6 is 27.7 Å². The summed E-state index contributed by atoms with van der Waals surface area (Å²) in [6.07, 6.45) is 1.56. The molecular formula is C13H9BrN2OS. The van der Waals surface area contributed by atoms with Crippen LogP contribution in [0, 0.1) is 11.3 Å². The summed E-state index contributed by atoms with van der Waals surface area (Å²) in [5, 5.41) is 9.54. The molecule has 0 spiro atoms. The smallest absolute Gasteiger partial charge is 0.132 e. The summed E-state index contributed by atoms with van der Waals surface area (Å²) >= 11 is 4.93. The predicted molar refractivity (Wildman–Crippen MR) is 73.8 cm³/mol. The van der Waals surface area contributed by atoms with Crippen molar-refractivity contribution in [1.29, 1.82) is 5.26 Å². The largest absolute Gasteiger partial charge is 0.496 e. The Morgan fingerprint density at radius 3 is 2.78 bits per heavy atom. The van der Waals surface area contributed by atoms with Gasteiger partial charge in [0.2, 0.25) is 0 Å². The fourth-order valence-electron chi connectivity index (χ4n) is 1.35. The molecule has 18 heavy (non-hydrogen) atoms. The fraction of sp³-hybridized carbons (Fsp3) is 0.0769. The van der Waals surface area contributed by atoms with E-state index in [1.54, 1.807) is 19.4 Å². The van der Waals surface area contributed by atoms with Crippen molar-refractivity contribution in [2.24, 2.45) is 0 Å². The average Bonchev–Trinajstić information content (AvgIpc) is 2.40. The van der Waals surface area contributed by atoms with Crippen molar-refractivity contribution in [3.8, 4) is 11.8 Å². The van der Waals surface area contributed by atoms with Crippen LogP contribution in [0.3, 0.4) is 0 Å². The Bertz CT molecular complexity index is 593. The first-order valence-corrected chi connectivity index (χ1v) is 6.71. The van der Waals surface area contributed by atoms with E-state index in [0.29, 0.717) is 5.56 Å². The second-order valence-electron chi connectivity index (χ2n) is 3.39. The van der Waals surface area contributed by atoms with E-state index in [1.165, 1.54) is 11.8 Å². The number of aromatic nitrogens is 1. The van der Waals surface area contributed by atoms with E-state index in [9.17, 15) is 0 Å². The molecule has 0 amide bonds. The minimum atomic E-state index is 0.556. The zero-order chi connectivity index (χ0) is 13.0. The Morgan fingerprint density at radius 1 is 1.33 bits per heavy atom. The molecule has 0 unspecified atom stereocenters. The zero-order valence-corrected chi connectivity index (χ0v) is 12.0. The van der Waals surface area contributed by atoms with Crippen molar-refractivity contribution in [1.82, 2.24) is 4.98 Å². The van der Waals surface area contributed by atoms with Gasteiger partial charge >= 0.3 is 0 Å². The summed E-state index contributed by atoms with van der Waals surface area (Å²) in [4.78, 5) is 5.20. The van der Waals surface area contributed by atoms with Crippen LogP contribution in [0.1, 0.15) is 5.56 Å². The van der Waals surface area contributed by atoms with Crippen LogP contribution in [0.25, 0.3) is 0 Å². The van der Waals surface area contributed by atoms with Gasteiger partial charge in [0, 0.05) is 10.7 Å². The Labute approximate surface area is 118 Å². The Balaban J connectivity index is 2.27. The summed E-state index contributed by atoms with van der Waals surface area (Å²) in [6, 6.07) is 11.4. The van der Waals surface area contributed by atoms with Gasteiger partial charge in [-0.2, -0.15) is 5.26 Å². The van der Waals surface area contributed by atoms with Crippen LogP contribution in [-0.4, -0.2) is 12.1 Å². The number of ether oxygens (including phenoxy) is 1. The molecule has 0 saturated carbocycles. The van der Waals surface area contributed by atoms with Gasteiger partial charge < -0.3 is 4.74 Å². The maximum atomic E-state index is 8.71. The number of benzene rings is 1. The van der Waals surface area contributed by atoms with Crippen LogP contribution < -0.4 is 4.74 Å². The highest BCUT2D eigenvalue weighted by Crippen LogP contribution is 2.35. The maximum Gasteiger partial charge on any atom is 0.132 e. The summed E-state index contributed by atoms with van der Waals surface area (Å²) in [6.45, 7) is 0. The van der Waals surface area contributed by atoms with E-state index >= 15 is 0 Å². The highest BCUT2D eigenvalue weighted by molar-refractivity contribution is 9.10. The van der Waals surface area contributed by atoms with Crippen LogP contribution in [-0.2, 0) is 0 Å². The third-order valence-electron chi connectivity index (χ3n) is 2.21. The highest BCUT2D eigenvalue weighted by Gasteiger charge is 2.06. The molecule has 1 heterocycles. The van der Waals surface area contributed by atoms with Crippen molar-refractivity contribution in [2.45, 2.75) is 9.92 Å². The summed E-state index contributed by atoms with van der Waals surface area (Å²) < 4.78 is 6.28. The second-order valence-corrected chi connectivity index (χ2v) is 5.37. The highest BCUT2D eigenvalue weighted by atomic mass is 79.9. The lowest BCUT2D eigenvalue weighted by atomic mass is 10.3. The molecule has 0 atom stereocenters. The molecule has 0 saturated heterocycles. The van der Waals surface area contributed by atoms with Gasteiger partial charge in [0.1, 0.15) is 16.8 Å². The van der Waals surface area contributed by atoms with Gasteiger partial charge in [0.05, 0.1) is 17.6 Å². The quantitative estimate of drug-likeness (QED) is 0.861. The van der Waals surface area contributed by atoms with Gasteiger partial charge in [-0.3, -0.25) is 0 Å². The topological polar surface area (TPSA) is 45.9 Å². The van der Waals surface area contributed by atoms with Crippen molar-refractivity contribution in [2.75, 3.05) is 7.11 Å². The van der Waals surface area contributed by atoms with Crippen molar-refractivity contribution < 1.29 is 4.74 Å². The second kappa shape index (κ2) is 5.89. The van der Waals surface area contributed by atoms with Crippen molar-refractivity contribution in [3.63, 3.8) is 0 Å². The monoisotopic (exact) mass is 320 g/mol. The number of methoxy groups -OCH3 is 1. The SMILES string of the molecule is COc1ccc(Br)cc1Sc1ccc(C#N)cn1. The number of nitrogens with zero attached hydrogens (tertiary/aromatic N) is 2. The lowest BCUT2D eigenvalue weighted by Gasteiger charge is -2.07. The third kappa shape index (κ3) is 3.03. The molecule has 5 heteroatoms. The third-order valence-corrected chi connectivity index (χ3v) is 3.69. The molecule has 0 fully saturated rings. The zero-order valence-electron chi connectivity index (χ0n) is 9.55. The number of nitriles is 1. The molecule has 0 radical (unpaired) electrons. The minimum Gasteiger partial charge on any atom is -0.496 e. The van der Waals surface area contributed by atoms with E-state index in [1.807, 2.05) is 30.3 Å². The molecular weight excluding hydrogens is 312 g/mol. The molecule has 2 aromatic rings. The van der Waals surface area contributed by atoms with Gasteiger partial charge in [0.25, 0.3) is 0 Å². The molecule has 0 bridgehead atoms. The fourth-order valence-corrected chi connectivity index (χ4v) is 2.77. The van der Waals surface area contributed by atoms with Crippen LogP contribution in [0.15, 0.2) is 50.9 Å². The lowest BCUT2D eigenvalue weighted by molar-refractivity contribution is 0.404. The molecule has 1 aromatic carbocycles. The summed E-state index contributed by atoms with van der Waals surface area (Å²) in [5.74, 6) is 0.800. The molecule has 0 aliphatic heterocycles. The van der Waals surface area contributed by atoms with E-state index in [0.717, 1.165) is 20.1 Å². The predicted octanol–water partition coefficient (Wildman–Crippen LogP) is 3.88. The van der Waals surface area contributed by atoms with Gasteiger partial charge in [-0.05, 0) is 30.3 Å². The van der Waals surface area contributed by atoms with Crippen LogP contribution in [0.2, 0.25) is 0 Å². The van der Waals surface area contributed by atoms with Crippen molar-refractivity contribution in [3.05, 3.63) is 46.6 Å². The normalized spacial score (nSPS) is 9.83. The summed E-state index contributed by atoms with van der Waals surface area (Å²) in [5.41, 5.74) is 0.556. The molecule has 0 aliphatic rings. The average molecular weight is 321 g/mol. The first kappa shape index (κ1) is 12.9. The molecule has 90 valence electrons. The molecule has 0 N–H and O–H groups in total. The minimum absolute atomic E-state index is 0.556. The van der Waals surface area contributed by atoms with Gasteiger partial charge in [-0.25, -0.2) is 4.98 Å². The van der Waals surface area contributed by atoms with E-state index < -0.39 is 0 Å². The number of pyridine rings is 1. The van der Waals surface area contributed by atoms with Crippen molar-refractivity contribution >= 4 is 27.7 Å². The van der Waals surface area contributed by atoms with Gasteiger partial charge in [-0.15, -0.1) is 0 Å². The van der Waals surface area contributed by atoms with E-state index in [2.05, 4.69) is 20.9 Å². The van der Waals surface area contributed by atoms with Crippen LogP contribution in [0.4, 0.5) is 0 Å². The summed E-state index contributed by atoms with van der Waals surface area (Å²) in [7, 11) is 1.64. The van der Waals surface area contributed by atoms with Crippen LogP contribution in [0.5, 0.6) is 5.75 Å². The first-order valence-electron chi connectivity index (χ1n) is 5.10. The van der Waals surface area contributed by atoms with E-state index in [-0.39, 0.29) is 0 Å². The molecule has 2 rings (SSSR count). The Kier molecular flexibility index (Phi) is 4.24. The molecule has 3 nitrogen and oxygen atoms in total. The number of halogens is 1. The molecule has 0 aliphatic carbocycles. The number of hydrogen-bond acceptors (Lipinski definition) is 4. The first-order chi connectivity index (χ1) is 8.72. The lowest BCUT2D eigenvalue weighted by Crippen LogP contribution is -1.87. The number of rotatable bonds is 3. The Hall–Kier alpha value is -1.51. The maximum absolute atomic E-state index is 8.71. The number of hydrogen-bond donors (Lipinski definition) is 0.